The van der Waals surface area contributed by atoms with Crippen LogP contribution in [-0.4, -0.2) is 36.1 Å². The second-order valence-electron chi connectivity index (χ2n) is 5.30. The topological polar surface area (TPSA) is 92.7 Å². The Kier molecular flexibility index (Phi) is 5.32. The Balaban J connectivity index is 2.59. The molecule has 6 nitrogen and oxygen atoms in total. The summed E-state index contributed by atoms with van der Waals surface area (Å²) in [7, 11) is 1.28. The molecular weight excluding hydrogens is 250 g/mol. The summed E-state index contributed by atoms with van der Waals surface area (Å²) in [5.41, 5.74) is 0. The summed E-state index contributed by atoms with van der Waals surface area (Å²) < 4.78 is 4.65. The van der Waals surface area contributed by atoms with Crippen molar-refractivity contribution < 1.29 is 24.2 Å². The van der Waals surface area contributed by atoms with Gasteiger partial charge >= 0.3 is 11.9 Å². The van der Waals surface area contributed by atoms with Crippen molar-refractivity contribution in [3.63, 3.8) is 0 Å². The molecule has 0 bridgehead atoms. The largest absolute Gasteiger partial charge is 0.481 e. The summed E-state index contributed by atoms with van der Waals surface area (Å²) in [5, 5.41) is 11.6. The fourth-order valence-electron chi connectivity index (χ4n) is 2.34. The number of ether oxygens (including phenoxy) is 1. The third-order valence-corrected chi connectivity index (χ3v) is 3.57. The second kappa shape index (κ2) is 6.54. The van der Waals surface area contributed by atoms with Crippen LogP contribution in [0.3, 0.4) is 0 Å². The Morgan fingerprint density at radius 3 is 2.21 bits per heavy atom. The number of rotatable bonds is 5. The van der Waals surface area contributed by atoms with Crippen LogP contribution < -0.4 is 5.32 Å². The Hall–Kier alpha value is -1.59. The lowest BCUT2D eigenvalue weighted by Gasteiger charge is -2.21. The Morgan fingerprint density at radius 1 is 1.21 bits per heavy atom. The van der Waals surface area contributed by atoms with Gasteiger partial charge in [0, 0.05) is 5.92 Å². The van der Waals surface area contributed by atoms with E-state index in [1.165, 1.54) is 7.11 Å². The minimum absolute atomic E-state index is 0.0759. The van der Waals surface area contributed by atoms with E-state index >= 15 is 0 Å². The van der Waals surface area contributed by atoms with E-state index in [9.17, 15) is 14.4 Å². The van der Waals surface area contributed by atoms with Crippen LogP contribution in [0.25, 0.3) is 0 Å². The minimum atomic E-state index is -0.858. The molecule has 0 aromatic rings. The lowest BCUT2D eigenvalue weighted by molar-refractivity contribution is -0.147. The van der Waals surface area contributed by atoms with Crippen LogP contribution in [0.15, 0.2) is 0 Å². The molecular formula is C13H21NO5. The van der Waals surface area contributed by atoms with Crippen LogP contribution in [0.1, 0.15) is 33.1 Å². The smallest absolute Gasteiger partial charge is 0.328 e. The van der Waals surface area contributed by atoms with E-state index in [1.54, 1.807) is 0 Å². The molecule has 0 aromatic heterocycles. The minimum Gasteiger partial charge on any atom is -0.481 e. The molecule has 1 amide bonds. The van der Waals surface area contributed by atoms with Crippen molar-refractivity contribution in [2.45, 2.75) is 39.2 Å². The van der Waals surface area contributed by atoms with E-state index < -0.39 is 23.9 Å². The number of carbonyl (C=O) groups is 3. The quantitative estimate of drug-likeness (QED) is 0.721. The Labute approximate surface area is 112 Å². The van der Waals surface area contributed by atoms with Crippen molar-refractivity contribution in [2.75, 3.05) is 7.11 Å². The molecule has 1 fully saturated rings. The summed E-state index contributed by atoms with van der Waals surface area (Å²) in [5.74, 6) is -2.45. The number of carboxylic acid groups (broad SMARTS) is 1. The number of esters is 1. The molecule has 0 aromatic carbocycles. The number of amides is 1. The van der Waals surface area contributed by atoms with Gasteiger partial charge in [0.2, 0.25) is 5.91 Å². The van der Waals surface area contributed by atoms with Gasteiger partial charge in [-0.15, -0.1) is 0 Å². The van der Waals surface area contributed by atoms with E-state index in [1.807, 2.05) is 13.8 Å². The summed E-state index contributed by atoms with van der Waals surface area (Å²) in [6.45, 7) is 3.63. The number of carbonyl (C=O) groups excluding carboxylic acids is 2. The Bertz CT molecular complexity index is 366. The Morgan fingerprint density at radius 2 is 1.79 bits per heavy atom. The zero-order valence-electron chi connectivity index (χ0n) is 11.5. The lowest BCUT2D eigenvalue weighted by Crippen LogP contribution is -2.47. The van der Waals surface area contributed by atoms with E-state index in [-0.39, 0.29) is 17.7 Å². The number of hydrogen-bond donors (Lipinski definition) is 2. The number of hydrogen-bond acceptors (Lipinski definition) is 4. The predicted octanol–water partition coefficient (Wildman–Crippen LogP) is 0.801. The monoisotopic (exact) mass is 271 g/mol. The van der Waals surface area contributed by atoms with Crippen molar-refractivity contribution in [2.24, 2.45) is 17.8 Å². The van der Waals surface area contributed by atoms with Gasteiger partial charge in [0.05, 0.1) is 13.0 Å². The standard InChI is InChI=1S/C13H21NO5/c1-7(2)10(13(18)19-3)14-11(15)8-4-5-9(6-8)12(16)17/h7-10H,4-6H2,1-3H3,(H,14,15)(H,16,17). The molecule has 1 saturated carbocycles. The average molecular weight is 271 g/mol. The van der Waals surface area contributed by atoms with Crippen LogP contribution in [0.5, 0.6) is 0 Å². The molecule has 2 N–H and O–H groups in total. The van der Waals surface area contributed by atoms with E-state index in [0.29, 0.717) is 19.3 Å². The maximum absolute atomic E-state index is 12.0. The maximum atomic E-state index is 12.0. The first-order valence-electron chi connectivity index (χ1n) is 6.47. The molecule has 1 rings (SSSR count). The van der Waals surface area contributed by atoms with Crippen LogP contribution in [0.2, 0.25) is 0 Å². The van der Waals surface area contributed by atoms with Gasteiger partial charge in [-0.2, -0.15) is 0 Å². The highest BCUT2D eigenvalue weighted by Gasteiger charge is 2.36. The van der Waals surface area contributed by atoms with Crippen molar-refractivity contribution in [3.8, 4) is 0 Å². The maximum Gasteiger partial charge on any atom is 0.328 e. The SMILES string of the molecule is COC(=O)C(NC(=O)C1CCC(C(=O)O)C1)C(C)C. The normalized spacial score (nSPS) is 24.0. The molecule has 1 aliphatic rings. The fraction of sp³-hybridized carbons (Fsp3) is 0.769. The first-order valence-corrected chi connectivity index (χ1v) is 6.47. The molecule has 0 spiro atoms. The average Bonchev–Trinajstić information content (AvgIpc) is 2.84. The highest BCUT2D eigenvalue weighted by Crippen LogP contribution is 2.31. The number of methoxy groups -OCH3 is 1. The molecule has 0 saturated heterocycles. The lowest BCUT2D eigenvalue weighted by atomic mass is 10.0. The van der Waals surface area contributed by atoms with Crippen LogP contribution >= 0.6 is 0 Å². The molecule has 0 aliphatic heterocycles. The van der Waals surface area contributed by atoms with Crippen molar-refractivity contribution in [1.29, 1.82) is 0 Å². The molecule has 3 atom stereocenters. The molecule has 6 heteroatoms. The van der Waals surface area contributed by atoms with E-state index in [0.717, 1.165) is 0 Å². The molecule has 0 radical (unpaired) electrons. The van der Waals surface area contributed by atoms with Gasteiger partial charge in [-0.05, 0) is 25.2 Å². The van der Waals surface area contributed by atoms with E-state index in [4.69, 9.17) is 5.11 Å². The van der Waals surface area contributed by atoms with Gasteiger partial charge in [-0.25, -0.2) is 4.79 Å². The highest BCUT2D eigenvalue weighted by molar-refractivity contribution is 5.86. The molecule has 19 heavy (non-hydrogen) atoms. The third-order valence-electron chi connectivity index (χ3n) is 3.57. The van der Waals surface area contributed by atoms with Crippen LogP contribution in [0, 0.1) is 17.8 Å². The second-order valence-corrected chi connectivity index (χ2v) is 5.30. The fourth-order valence-corrected chi connectivity index (χ4v) is 2.34. The van der Waals surface area contributed by atoms with Gasteiger partial charge < -0.3 is 15.2 Å². The summed E-state index contributed by atoms with van der Waals surface area (Å²) in [4.78, 5) is 34.4. The summed E-state index contributed by atoms with van der Waals surface area (Å²) >= 11 is 0. The number of carboxylic acids is 1. The van der Waals surface area contributed by atoms with Gasteiger partial charge in [0.15, 0.2) is 0 Å². The van der Waals surface area contributed by atoms with Gasteiger partial charge in [0.1, 0.15) is 6.04 Å². The number of aliphatic carboxylic acids is 1. The third kappa shape index (κ3) is 3.94. The summed E-state index contributed by atoms with van der Waals surface area (Å²) in [6, 6.07) is -0.679. The zero-order valence-corrected chi connectivity index (χ0v) is 11.5. The van der Waals surface area contributed by atoms with Crippen molar-refractivity contribution in [1.82, 2.24) is 5.32 Å². The van der Waals surface area contributed by atoms with E-state index in [2.05, 4.69) is 10.1 Å². The zero-order chi connectivity index (χ0) is 14.6. The van der Waals surface area contributed by atoms with Crippen molar-refractivity contribution in [3.05, 3.63) is 0 Å². The molecule has 3 unspecified atom stereocenters. The van der Waals surface area contributed by atoms with Crippen LogP contribution in [-0.2, 0) is 19.1 Å². The predicted molar refractivity (Wildman–Crippen MR) is 67.3 cm³/mol. The molecule has 0 heterocycles. The summed E-state index contributed by atoms with van der Waals surface area (Å²) in [6.07, 6.45) is 1.40. The number of nitrogens with one attached hydrogen (secondary N) is 1. The molecule has 1 aliphatic carbocycles. The van der Waals surface area contributed by atoms with Gasteiger partial charge in [-0.1, -0.05) is 13.8 Å². The molecule has 108 valence electrons. The first-order chi connectivity index (χ1) is 8.86. The first kappa shape index (κ1) is 15.5. The van der Waals surface area contributed by atoms with Crippen LogP contribution in [0.4, 0.5) is 0 Å². The van der Waals surface area contributed by atoms with Gasteiger partial charge in [0.25, 0.3) is 0 Å². The van der Waals surface area contributed by atoms with Gasteiger partial charge in [-0.3, -0.25) is 9.59 Å². The van der Waals surface area contributed by atoms with Crippen molar-refractivity contribution >= 4 is 17.8 Å². The highest BCUT2D eigenvalue weighted by atomic mass is 16.5.